The molecule has 1 aliphatic rings. The fourth-order valence-electron chi connectivity index (χ4n) is 2.19. The molecule has 0 aliphatic carbocycles. The smallest absolute Gasteiger partial charge is 0.238 e. The first-order valence-electron chi connectivity index (χ1n) is 6.55. The van der Waals surface area contributed by atoms with Gasteiger partial charge in [-0.3, -0.25) is 9.69 Å². The first kappa shape index (κ1) is 13.8. The van der Waals surface area contributed by atoms with Crippen molar-refractivity contribution in [2.75, 3.05) is 30.7 Å². The first-order valence-corrected chi connectivity index (χ1v) is 6.55. The van der Waals surface area contributed by atoms with E-state index < -0.39 is 0 Å². The highest BCUT2D eigenvalue weighted by Crippen LogP contribution is 2.13. The molecule has 2 rings (SSSR count). The Morgan fingerprint density at radius 1 is 1.53 bits per heavy atom. The zero-order valence-electron chi connectivity index (χ0n) is 11.4. The number of rotatable bonds is 3. The number of nitrogens with one attached hydrogen (secondary N) is 1. The van der Waals surface area contributed by atoms with Crippen LogP contribution in [0.2, 0.25) is 0 Å². The van der Waals surface area contributed by atoms with Gasteiger partial charge in [-0.15, -0.1) is 0 Å². The van der Waals surface area contributed by atoms with Gasteiger partial charge in [-0.05, 0) is 32.0 Å². The zero-order valence-corrected chi connectivity index (χ0v) is 11.4. The van der Waals surface area contributed by atoms with Crippen LogP contribution in [0.15, 0.2) is 24.3 Å². The average Bonchev–Trinajstić information content (AvgIpc) is 2.34. The van der Waals surface area contributed by atoms with E-state index in [2.05, 4.69) is 17.1 Å². The molecule has 5 nitrogen and oxygen atoms in total. The van der Waals surface area contributed by atoms with Crippen molar-refractivity contribution >= 4 is 17.3 Å². The molecule has 5 heteroatoms. The summed E-state index contributed by atoms with van der Waals surface area (Å²) in [6.45, 7) is 5.93. The lowest BCUT2D eigenvalue weighted by molar-refractivity contribution is -0.121. The number of nitrogen functional groups attached to an aromatic ring is 1. The summed E-state index contributed by atoms with van der Waals surface area (Å²) in [7, 11) is 0. The van der Waals surface area contributed by atoms with Crippen molar-refractivity contribution in [2.45, 2.75) is 26.0 Å². The highest BCUT2D eigenvalue weighted by Gasteiger charge is 2.24. The Hall–Kier alpha value is -1.59. The van der Waals surface area contributed by atoms with E-state index in [4.69, 9.17) is 10.5 Å². The summed E-state index contributed by atoms with van der Waals surface area (Å²) in [5, 5.41) is 2.86. The molecule has 2 unspecified atom stereocenters. The van der Waals surface area contributed by atoms with Gasteiger partial charge in [0.15, 0.2) is 0 Å². The second-order valence-electron chi connectivity index (χ2n) is 5.10. The van der Waals surface area contributed by atoms with E-state index in [9.17, 15) is 4.79 Å². The van der Waals surface area contributed by atoms with Crippen LogP contribution in [0, 0.1) is 0 Å². The van der Waals surface area contributed by atoms with E-state index in [0.717, 1.165) is 12.2 Å². The minimum atomic E-state index is -0.0217. The minimum Gasteiger partial charge on any atom is -0.399 e. The van der Waals surface area contributed by atoms with Crippen molar-refractivity contribution in [2.24, 2.45) is 0 Å². The number of hydrogen-bond donors (Lipinski definition) is 2. The van der Waals surface area contributed by atoms with Crippen LogP contribution in [0.1, 0.15) is 13.8 Å². The van der Waals surface area contributed by atoms with Crippen LogP contribution >= 0.6 is 0 Å². The fourth-order valence-corrected chi connectivity index (χ4v) is 2.19. The van der Waals surface area contributed by atoms with Crippen LogP contribution < -0.4 is 11.1 Å². The average molecular weight is 263 g/mol. The number of benzene rings is 1. The second kappa shape index (κ2) is 6.04. The van der Waals surface area contributed by atoms with Gasteiger partial charge in [-0.1, -0.05) is 6.07 Å². The number of hydrogen-bond acceptors (Lipinski definition) is 4. The summed E-state index contributed by atoms with van der Waals surface area (Å²) in [5.41, 5.74) is 7.06. The number of carbonyl (C=O) groups is 1. The lowest BCUT2D eigenvalue weighted by Crippen LogP contribution is -2.50. The molecule has 19 heavy (non-hydrogen) atoms. The molecule has 0 radical (unpaired) electrons. The normalized spacial score (nSPS) is 24.1. The van der Waals surface area contributed by atoms with Crippen LogP contribution in [-0.2, 0) is 9.53 Å². The standard InChI is InChI=1S/C14H21N3O2/c1-10-9-19-11(2)7-17(10)8-14(18)16-13-5-3-4-12(15)6-13/h3-6,10-11H,7-9,15H2,1-2H3,(H,16,18). The number of nitrogens with zero attached hydrogens (tertiary/aromatic N) is 1. The summed E-state index contributed by atoms with van der Waals surface area (Å²) >= 11 is 0. The van der Waals surface area contributed by atoms with Crippen LogP contribution in [0.4, 0.5) is 11.4 Å². The molecule has 1 heterocycles. The SMILES string of the molecule is CC1CN(CC(=O)Nc2cccc(N)c2)C(C)CO1. The molecule has 0 bridgehead atoms. The molecule has 1 saturated heterocycles. The van der Waals surface area contributed by atoms with Gasteiger partial charge in [-0.25, -0.2) is 0 Å². The molecule has 1 aliphatic heterocycles. The molecule has 1 aromatic rings. The van der Waals surface area contributed by atoms with Gasteiger partial charge in [0.2, 0.25) is 5.91 Å². The third-order valence-corrected chi connectivity index (χ3v) is 3.25. The molecule has 1 aromatic carbocycles. The van der Waals surface area contributed by atoms with E-state index >= 15 is 0 Å². The molecule has 2 atom stereocenters. The Balaban J connectivity index is 1.90. The fraction of sp³-hybridized carbons (Fsp3) is 0.500. The maximum Gasteiger partial charge on any atom is 0.238 e. The quantitative estimate of drug-likeness (QED) is 0.807. The van der Waals surface area contributed by atoms with Crippen molar-refractivity contribution in [1.29, 1.82) is 0 Å². The van der Waals surface area contributed by atoms with E-state index in [1.165, 1.54) is 0 Å². The number of carbonyl (C=O) groups excluding carboxylic acids is 1. The van der Waals surface area contributed by atoms with Gasteiger partial charge < -0.3 is 15.8 Å². The molecular formula is C14H21N3O2. The van der Waals surface area contributed by atoms with Gasteiger partial charge in [0.1, 0.15) is 0 Å². The lowest BCUT2D eigenvalue weighted by Gasteiger charge is -2.36. The van der Waals surface area contributed by atoms with E-state index in [0.29, 0.717) is 18.8 Å². The highest BCUT2D eigenvalue weighted by molar-refractivity contribution is 5.92. The lowest BCUT2D eigenvalue weighted by atomic mass is 10.2. The monoisotopic (exact) mass is 263 g/mol. The van der Waals surface area contributed by atoms with Gasteiger partial charge in [0.05, 0.1) is 19.3 Å². The van der Waals surface area contributed by atoms with Crippen molar-refractivity contribution in [3.63, 3.8) is 0 Å². The van der Waals surface area contributed by atoms with Crippen molar-refractivity contribution in [3.05, 3.63) is 24.3 Å². The van der Waals surface area contributed by atoms with Crippen LogP contribution in [0.25, 0.3) is 0 Å². The first-order chi connectivity index (χ1) is 9.04. The maximum atomic E-state index is 12.0. The maximum absolute atomic E-state index is 12.0. The van der Waals surface area contributed by atoms with Gasteiger partial charge in [0.25, 0.3) is 0 Å². The van der Waals surface area contributed by atoms with E-state index in [-0.39, 0.29) is 18.1 Å². The molecule has 3 N–H and O–H groups in total. The molecular weight excluding hydrogens is 242 g/mol. The van der Waals surface area contributed by atoms with E-state index in [1.54, 1.807) is 12.1 Å². The molecule has 104 valence electrons. The van der Waals surface area contributed by atoms with E-state index in [1.807, 2.05) is 19.1 Å². The number of amides is 1. The Bertz CT molecular complexity index is 450. The third-order valence-electron chi connectivity index (χ3n) is 3.25. The number of ether oxygens (including phenoxy) is 1. The third kappa shape index (κ3) is 3.94. The summed E-state index contributed by atoms with van der Waals surface area (Å²) in [6.07, 6.45) is 0.177. The molecule has 0 spiro atoms. The van der Waals surface area contributed by atoms with Gasteiger partial charge in [-0.2, -0.15) is 0 Å². The van der Waals surface area contributed by atoms with Crippen LogP contribution in [0.3, 0.4) is 0 Å². The number of nitrogens with two attached hydrogens (primary N) is 1. The second-order valence-corrected chi connectivity index (χ2v) is 5.10. The minimum absolute atomic E-state index is 0.0217. The topological polar surface area (TPSA) is 67.6 Å². The Morgan fingerprint density at radius 3 is 3.05 bits per heavy atom. The Kier molecular flexibility index (Phi) is 4.39. The molecule has 1 amide bonds. The predicted molar refractivity (Wildman–Crippen MR) is 75.9 cm³/mol. The summed E-state index contributed by atoms with van der Waals surface area (Å²) in [4.78, 5) is 14.1. The number of anilines is 2. The van der Waals surface area contributed by atoms with Crippen molar-refractivity contribution in [3.8, 4) is 0 Å². The molecule has 0 saturated carbocycles. The van der Waals surface area contributed by atoms with Crippen LogP contribution in [-0.4, -0.2) is 42.6 Å². The summed E-state index contributed by atoms with van der Waals surface area (Å²) < 4.78 is 5.55. The Labute approximate surface area is 113 Å². The van der Waals surface area contributed by atoms with Crippen molar-refractivity contribution < 1.29 is 9.53 Å². The van der Waals surface area contributed by atoms with Crippen LogP contribution in [0.5, 0.6) is 0 Å². The highest BCUT2D eigenvalue weighted by atomic mass is 16.5. The van der Waals surface area contributed by atoms with Gasteiger partial charge >= 0.3 is 0 Å². The predicted octanol–water partition coefficient (Wildman–Crippen LogP) is 1.32. The number of morpholine rings is 1. The van der Waals surface area contributed by atoms with Gasteiger partial charge in [0, 0.05) is 24.0 Å². The summed E-state index contributed by atoms with van der Waals surface area (Å²) in [5.74, 6) is -0.0217. The Morgan fingerprint density at radius 2 is 2.32 bits per heavy atom. The summed E-state index contributed by atoms with van der Waals surface area (Å²) in [6, 6.07) is 7.47. The largest absolute Gasteiger partial charge is 0.399 e. The molecule has 0 aromatic heterocycles. The zero-order chi connectivity index (χ0) is 13.8. The van der Waals surface area contributed by atoms with Crippen molar-refractivity contribution in [1.82, 2.24) is 4.90 Å². The molecule has 1 fully saturated rings.